The van der Waals surface area contributed by atoms with Gasteiger partial charge < -0.3 is 19.7 Å². The largest absolute Gasteiger partial charge is 0.495 e. The number of thiazole rings is 1. The highest BCUT2D eigenvalue weighted by molar-refractivity contribution is 7.21. The number of carbonyl (C=O) groups is 1. The van der Waals surface area contributed by atoms with Crippen molar-refractivity contribution < 1.29 is 28.9 Å². The van der Waals surface area contributed by atoms with E-state index < -0.39 is 24.1 Å². The molecule has 3 aromatic heterocycles. The number of amides is 1. The molecule has 2 aromatic carbocycles. The third kappa shape index (κ3) is 5.33. The number of hydrogen-bond donors (Lipinski definition) is 2. The van der Waals surface area contributed by atoms with E-state index >= 15 is 4.39 Å². The Morgan fingerprint density at radius 2 is 1.88 bits per heavy atom. The van der Waals surface area contributed by atoms with Gasteiger partial charge in [0.15, 0.2) is 17.4 Å². The minimum absolute atomic E-state index is 0.0434. The Morgan fingerprint density at radius 3 is 2.55 bits per heavy atom. The molecule has 2 atom stereocenters. The molecule has 2 unspecified atom stereocenters. The summed E-state index contributed by atoms with van der Waals surface area (Å²) >= 11 is 7.70. The molecule has 0 aliphatic heterocycles. The predicted octanol–water partition coefficient (Wildman–Crippen LogP) is 5.94. The molecule has 5 rings (SSSR count). The molecule has 0 aliphatic rings. The van der Waals surface area contributed by atoms with Gasteiger partial charge >= 0.3 is 6.09 Å². The van der Waals surface area contributed by atoms with Gasteiger partial charge in [0.25, 0.3) is 0 Å². The van der Waals surface area contributed by atoms with Crippen LogP contribution in [0.2, 0.25) is 5.02 Å². The number of methoxy groups -OCH3 is 1. The number of pyridine rings is 1. The van der Waals surface area contributed by atoms with Gasteiger partial charge in [-0.05, 0) is 32.0 Å². The normalized spacial score (nSPS) is 12.8. The molecule has 206 valence electrons. The number of aliphatic hydroxyl groups is 1. The minimum atomic E-state index is -1.26. The number of benzene rings is 2. The van der Waals surface area contributed by atoms with Crippen LogP contribution < -0.4 is 14.4 Å². The van der Waals surface area contributed by atoms with Crippen LogP contribution in [0.4, 0.5) is 14.9 Å². The van der Waals surface area contributed by atoms with Crippen LogP contribution in [0, 0.1) is 5.82 Å². The molecular weight excluding hydrogens is 561 g/mol. The summed E-state index contributed by atoms with van der Waals surface area (Å²) in [7, 11) is 1.56. The van der Waals surface area contributed by atoms with Crippen molar-refractivity contribution in [2.45, 2.75) is 32.6 Å². The fourth-order valence-electron chi connectivity index (χ4n) is 4.19. The van der Waals surface area contributed by atoms with Gasteiger partial charge in [0.2, 0.25) is 0 Å². The number of hydrogen-bond acceptors (Lipinski definition) is 9. The summed E-state index contributed by atoms with van der Waals surface area (Å²) in [4.78, 5) is 30.1. The Bertz CT molecular complexity index is 1720. The molecule has 0 fully saturated rings. The summed E-state index contributed by atoms with van der Waals surface area (Å²) < 4.78 is 27.0. The van der Waals surface area contributed by atoms with Crippen molar-refractivity contribution in [3.63, 3.8) is 0 Å². The van der Waals surface area contributed by atoms with Crippen LogP contribution in [0.15, 0.2) is 48.9 Å². The SMILES string of the molecule is COc1cnc2c(-c3nc4cc(F)c(OC(C)C(C)N(C(=O)O)c5cnc(CO)nc5)cc4s3)cc(Cl)cc2c1. The topological polar surface area (TPSA) is 131 Å². The summed E-state index contributed by atoms with van der Waals surface area (Å²) in [5, 5.41) is 20.9. The van der Waals surface area contributed by atoms with Crippen molar-refractivity contribution in [2.24, 2.45) is 0 Å². The molecule has 3 heterocycles. The predicted molar refractivity (Wildman–Crippen MR) is 150 cm³/mol. The van der Waals surface area contributed by atoms with Crippen LogP contribution in [-0.4, -0.2) is 55.5 Å². The molecule has 0 spiro atoms. The molecule has 5 aromatic rings. The van der Waals surface area contributed by atoms with E-state index in [0.717, 1.165) is 10.3 Å². The third-order valence-electron chi connectivity index (χ3n) is 6.35. The zero-order chi connectivity index (χ0) is 28.6. The van der Waals surface area contributed by atoms with Gasteiger partial charge in [-0.2, -0.15) is 0 Å². The second-order valence-electron chi connectivity index (χ2n) is 8.90. The zero-order valence-corrected chi connectivity index (χ0v) is 23.1. The quantitative estimate of drug-likeness (QED) is 0.228. The van der Waals surface area contributed by atoms with Crippen molar-refractivity contribution in [2.75, 3.05) is 12.0 Å². The molecule has 2 N–H and O–H groups in total. The van der Waals surface area contributed by atoms with Gasteiger partial charge in [-0.25, -0.2) is 24.1 Å². The number of carboxylic acid groups (broad SMARTS) is 1. The van der Waals surface area contributed by atoms with Gasteiger partial charge in [-0.15, -0.1) is 11.3 Å². The Hall–Kier alpha value is -4.13. The highest BCUT2D eigenvalue weighted by atomic mass is 35.5. The average Bonchev–Trinajstić information content (AvgIpc) is 3.35. The van der Waals surface area contributed by atoms with E-state index in [4.69, 9.17) is 26.2 Å². The van der Waals surface area contributed by atoms with Gasteiger partial charge in [0.05, 0.1) is 53.2 Å². The lowest BCUT2D eigenvalue weighted by Crippen LogP contribution is -2.46. The van der Waals surface area contributed by atoms with Crippen LogP contribution in [0.3, 0.4) is 0 Å². The third-order valence-corrected chi connectivity index (χ3v) is 7.62. The molecule has 0 saturated carbocycles. The second kappa shape index (κ2) is 11.2. The fraction of sp³-hybridized carbons (Fsp3) is 0.222. The first-order valence-electron chi connectivity index (χ1n) is 12.0. The first-order valence-corrected chi connectivity index (χ1v) is 13.2. The van der Waals surface area contributed by atoms with Gasteiger partial charge in [0.1, 0.15) is 23.5 Å². The number of fused-ring (bicyclic) bond motifs is 2. The van der Waals surface area contributed by atoms with E-state index in [1.165, 1.54) is 29.8 Å². The summed E-state index contributed by atoms with van der Waals surface area (Å²) in [5.74, 6) is 0.0674. The zero-order valence-electron chi connectivity index (χ0n) is 21.5. The molecule has 13 heteroatoms. The lowest BCUT2D eigenvalue weighted by Gasteiger charge is -2.30. The molecule has 40 heavy (non-hydrogen) atoms. The lowest BCUT2D eigenvalue weighted by molar-refractivity contribution is 0.167. The fourth-order valence-corrected chi connectivity index (χ4v) is 5.41. The second-order valence-corrected chi connectivity index (χ2v) is 10.4. The Kier molecular flexibility index (Phi) is 7.66. The summed E-state index contributed by atoms with van der Waals surface area (Å²) in [6.07, 6.45) is 2.18. The molecule has 0 bridgehead atoms. The molecule has 0 saturated heterocycles. The Balaban J connectivity index is 1.45. The monoisotopic (exact) mass is 583 g/mol. The van der Waals surface area contributed by atoms with E-state index in [1.54, 1.807) is 45.4 Å². The first-order chi connectivity index (χ1) is 19.2. The summed E-state index contributed by atoms with van der Waals surface area (Å²) in [6, 6.07) is 7.45. The van der Waals surface area contributed by atoms with E-state index in [-0.39, 0.29) is 23.9 Å². The van der Waals surface area contributed by atoms with Gasteiger partial charge in [-0.1, -0.05) is 11.6 Å². The van der Waals surface area contributed by atoms with Gasteiger partial charge in [0, 0.05) is 28.1 Å². The van der Waals surface area contributed by atoms with Crippen LogP contribution in [0.25, 0.3) is 31.7 Å². The number of aliphatic hydroxyl groups excluding tert-OH is 1. The number of aromatic nitrogens is 4. The number of nitrogens with zero attached hydrogens (tertiary/aromatic N) is 5. The van der Waals surface area contributed by atoms with E-state index in [9.17, 15) is 9.90 Å². The van der Waals surface area contributed by atoms with Crippen LogP contribution >= 0.6 is 22.9 Å². The van der Waals surface area contributed by atoms with Crippen molar-refractivity contribution >= 4 is 55.8 Å². The Labute approximate surface area is 236 Å². The van der Waals surface area contributed by atoms with E-state index in [0.29, 0.717) is 37.1 Å². The molecule has 0 radical (unpaired) electrons. The lowest BCUT2D eigenvalue weighted by atomic mass is 10.1. The van der Waals surface area contributed by atoms with Crippen molar-refractivity contribution in [3.05, 3.63) is 65.6 Å². The highest BCUT2D eigenvalue weighted by Crippen LogP contribution is 2.38. The molecule has 1 amide bonds. The van der Waals surface area contributed by atoms with Crippen molar-refractivity contribution in [1.29, 1.82) is 0 Å². The van der Waals surface area contributed by atoms with Crippen molar-refractivity contribution in [3.8, 4) is 22.1 Å². The Morgan fingerprint density at radius 1 is 1.12 bits per heavy atom. The number of anilines is 1. The summed E-state index contributed by atoms with van der Waals surface area (Å²) in [5.41, 5.74) is 1.99. The number of ether oxygens (including phenoxy) is 2. The average molecular weight is 584 g/mol. The smallest absolute Gasteiger partial charge is 0.412 e. The standard InChI is InChI=1S/C27H23ClFN5O5S/c1-13(34(27(36)37)17-9-30-24(12-35)31-10-17)14(2)39-22-8-23-21(7-20(22)29)33-26(40-23)19-6-16(28)4-15-5-18(38-3)11-32-25(15)19/h4-11,13-14,35H,12H2,1-3H3,(H,36,37). The van der Waals surface area contributed by atoms with Crippen LogP contribution in [-0.2, 0) is 6.61 Å². The number of rotatable bonds is 8. The minimum Gasteiger partial charge on any atom is -0.495 e. The maximum Gasteiger partial charge on any atom is 0.412 e. The maximum absolute atomic E-state index is 15.1. The van der Waals surface area contributed by atoms with Gasteiger partial charge in [-0.3, -0.25) is 9.88 Å². The van der Waals surface area contributed by atoms with Crippen LogP contribution in [0.5, 0.6) is 11.5 Å². The molecule has 10 nitrogen and oxygen atoms in total. The molecular formula is C27H23ClFN5O5S. The first kappa shape index (κ1) is 27.4. The number of halogens is 2. The van der Waals surface area contributed by atoms with E-state index in [1.807, 2.05) is 6.07 Å². The van der Waals surface area contributed by atoms with Crippen LogP contribution in [0.1, 0.15) is 19.7 Å². The molecule has 0 aliphatic carbocycles. The van der Waals surface area contributed by atoms with Crippen molar-refractivity contribution in [1.82, 2.24) is 19.9 Å². The highest BCUT2D eigenvalue weighted by Gasteiger charge is 2.29. The van der Waals surface area contributed by atoms with E-state index in [2.05, 4.69) is 19.9 Å². The summed E-state index contributed by atoms with van der Waals surface area (Å²) in [6.45, 7) is 2.90. The maximum atomic E-state index is 15.1.